The first-order chi connectivity index (χ1) is 9.49. The van der Waals surface area contributed by atoms with Crippen LogP contribution >= 0.6 is 27.5 Å². The van der Waals surface area contributed by atoms with Gasteiger partial charge in [-0.2, -0.15) is 0 Å². The summed E-state index contributed by atoms with van der Waals surface area (Å²) in [4.78, 5) is 14.2. The summed E-state index contributed by atoms with van der Waals surface area (Å²) >= 11 is 9.31. The summed E-state index contributed by atoms with van der Waals surface area (Å²) in [6.45, 7) is 2.50. The van der Waals surface area contributed by atoms with E-state index in [4.69, 9.17) is 11.6 Å². The maximum absolute atomic E-state index is 12.5. The Labute approximate surface area is 132 Å². The Morgan fingerprint density at radius 2 is 1.85 bits per heavy atom. The van der Waals surface area contributed by atoms with Crippen LogP contribution < -0.4 is 0 Å². The largest absolute Gasteiger partial charge is 0.337 e. The van der Waals surface area contributed by atoms with Crippen molar-refractivity contribution in [3.05, 3.63) is 68.7 Å². The molecule has 0 saturated carbocycles. The van der Waals surface area contributed by atoms with Crippen LogP contribution in [-0.4, -0.2) is 17.9 Å². The van der Waals surface area contributed by atoms with Crippen LogP contribution in [0.4, 0.5) is 0 Å². The van der Waals surface area contributed by atoms with Crippen LogP contribution in [0.25, 0.3) is 0 Å². The highest BCUT2D eigenvalue weighted by Crippen LogP contribution is 2.21. The second-order valence-corrected chi connectivity index (χ2v) is 5.99. The van der Waals surface area contributed by atoms with Gasteiger partial charge in [0, 0.05) is 28.7 Å². The fourth-order valence-electron chi connectivity index (χ4n) is 1.98. The van der Waals surface area contributed by atoms with Gasteiger partial charge in [-0.1, -0.05) is 45.7 Å². The SMILES string of the molecule is Cc1c(Br)cccc1C(=O)N(C)Cc1ccc(Cl)cc1. The highest BCUT2D eigenvalue weighted by molar-refractivity contribution is 9.10. The number of hydrogen-bond acceptors (Lipinski definition) is 1. The molecule has 0 saturated heterocycles. The van der Waals surface area contributed by atoms with E-state index in [1.54, 1.807) is 11.9 Å². The van der Waals surface area contributed by atoms with Crippen LogP contribution in [0.1, 0.15) is 21.5 Å². The van der Waals surface area contributed by atoms with E-state index >= 15 is 0 Å². The van der Waals surface area contributed by atoms with Crippen LogP contribution in [0.2, 0.25) is 5.02 Å². The molecule has 2 rings (SSSR count). The number of nitrogens with zero attached hydrogens (tertiary/aromatic N) is 1. The van der Waals surface area contributed by atoms with E-state index in [0.717, 1.165) is 21.2 Å². The van der Waals surface area contributed by atoms with Crippen LogP contribution in [0, 0.1) is 6.92 Å². The van der Waals surface area contributed by atoms with Crippen molar-refractivity contribution in [1.29, 1.82) is 0 Å². The van der Waals surface area contributed by atoms with Crippen molar-refractivity contribution in [3.63, 3.8) is 0 Å². The minimum Gasteiger partial charge on any atom is -0.337 e. The number of rotatable bonds is 3. The molecule has 20 heavy (non-hydrogen) atoms. The lowest BCUT2D eigenvalue weighted by atomic mass is 10.1. The van der Waals surface area contributed by atoms with Crippen molar-refractivity contribution in [3.8, 4) is 0 Å². The molecule has 2 aromatic carbocycles. The van der Waals surface area contributed by atoms with E-state index in [0.29, 0.717) is 11.6 Å². The van der Waals surface area contributed by atoms with E-state index in [2.05, 4.69) is 15.9 Å². The number of carbonyl (C=O) groups is 1. The fourth-order valence-corrected chi connectivity index (χ4v) is 2.47. The average Bonchev–Trinajstić information content (AvgIpc) is 2.43. The highest BCUT2D eigenvalue weighted by atomic mass is 79.9. The fraction of sp³-hybridized carbons (Fsp3) is 0.188. The Hall–Kier alpha value is -1.32. The molecule has 4 heteroatoms. The summed E-state index contributed by atoms with van der Waals surface area (Å²) in [6.07, 6.45) is 0. The third-order valence-electron chi connectivity index (χ3n) is 3.18. The molecule has 0 fully saturated rings. The van der Waals surface area contributed by atoms with Gasteiger partial charge in [0.2, 0.25) is 0 Å². The lowest BCUT2D eigenvalue weighted by molar-refractivity contribution is 0.0784. The van der Waals surface area contributed by atoms with Gasteiger partial charge in [0.15, 0.2) is 0 Å². The normalized spacial score (nSPS) is 10.4. The number of amides is 1. The summed E-state index contributed by atoms with van der Waals surface area (Å²) in [5.74, 6) is 0.0127. The van der Waals surface area contributed by atoms with Gasteiger partial charge in [0.05, 0.1) is 0 Å². The summed E-state index contributed by atoms with van der Waals surface area (Å²) in [5.41, 5.74) is 2.73. The average molecular weight is 353 g/mol. The zero-order chi connectivity index (χ0) is 14.7. The topological polar surface area (TPSA) is 20.3 Å². The van der Waals surface area contributed by atoms with Gasteiger partial charge >= 0.3 is 0 Å². The van der Waals surface area contributed by atoms with Gasteiger partial charge in [-0.15, -0.1) is 0 Å². The third-order valence-corrected chi connectivity index (χ3v) is 4.29. The predicted octanol–water partition coefficient (Wildman–Crippen LogP) is 4.68. The Kier molecular flexibility index (Phi) is 4.84. The summed E-state index contributed by atoms with van der Waals surface area (Å²) < 4.78 is 0.947. The van der Waals surface area contributed by atoms with Gasteiger partial charge in [-0.3, -0.25) is 4.79 Å². The molecule has 104 valence electrons. The van der Waals surface area contributed by atoms with E-state index in [1.165, 1.54) is 0 Å². The maximum Gasteiger partial charge on any atom is 0.254 e. The predicted molar refractivity (Wildman–Crippen MR) is 86.1 cm³/mol. The van der Waals surface area contributed by atoms with Crippen molar-refractivity contribution < 1.29 is 4.79 Å². The van der Waals surface area contributed by atoms with Crippen LogP contribution in [0.5, 0.6) is 0 Å². The van der Waals surface area contributed by atoms with Crippen LogP contribution in [0.3, 0.4) is 0 Å². The quantitative estimate of drug-likeness (QED) is 0.785. The minimum atomic E-state index is 0.0127. The molecule has 2 aromatic rings. The van der Waals surface area contributed by atoms with Crippen molar-refractivity contribution in [2.24, 2.45) is 0 Å². The molecule has 0 bridgehead atoms. The molecule has 0 heterocycles. The highest BCUT2D eigenvalue weighted by Gasteiger charge is 2.15. The van der Waals surface area contributed by atoms with Crippen LogP contribution in [0.15, 0.2) is 46.9 Å². The summed E-state index contributed by atoms with van der Waals surface area (Å²) in [6, 6.07) is 13.2. The van der Waals surface area contributed by atoms with Gasteiger partial charge < -0.3 is 4.90 Å². The van der Waals surface area contributed by atoms with Crippen molar-refractivity contribution in [1.82, 2.24) is 4.90 Å². The minimum absolute atomic E-state index is 0.0127. The third kappa shape index (κ3) is 3.41. The monoisotopic (exact) mass is 351 g/mol. The molecular formula is C16H15BrClNO. The molecule has 1 amide bonds. The van der Waals surface area contributed by atoms with E-state index in [9.17, 15) is 4.79 Å². The lowest BCUT2D eigenvalue weighted by Gasteiger charge is -2.19. The maximum atomic E-state index is 12.5. The molecule has 0 unspecified atom stereocenters. The molecule has 2 nitrogen and oxygen atoms in total. The molecule has 0 aliphatic heterocycles. The van der Waals surface area contributed by atoms with Crippen molar-refractivity contribution >= 4 is 33.4 Å². The Balaban J connectivity index is 2.16. The molecule has 0 aliphatic carbocycles. The smallest absolute Gasteiger partial charge is 0.254 e. The zero-order valence-electron chi connectivity index (χ0n) is 11.4. The van der Waals surface area contributed by atoms with E-state index in [1.807, 2.05) is 49.4 Å². The lowest BCUT2D eigenvalue weighted by Crippen LogP contribution is -2.26. The number of halogens is 2. The number of benzene rings is 2. The second kappa shape index (κ2) is 6.42. The molecule has 0 aromatic heterocycles. The van der Waals surface area contributed by atoms with Gasteiger partial charge in [-0.25, -0.2) is 0 Å². The molecule has 0 N–H and O–H groups in total. The van der Waals surface area contributed by atoms with E-state index in [-0.39, 0.29) is 5.91 Å². The van der Waals surface area contributed by atoms with Crippen LogP contribution in [-0.2, 0) is 6.54 Å². The summed E-state index contributed by atoms with van der Waals surface area (Å²) in [7, 11) is 1.80. The van der Waals surface area contributed by atoms with E-state index < -0.39 is 0 Å². The Morgan fingerprint density at radius 3 is 2.50 bits per heavy atom. The van der Waals surface area contributed by atoms with Gasteiger partial charge in [0.1, 0.15) is 0 Å². The molecule has 0 radical (unpaired) electrons. The number of carbonyl (C=O) groups excluding carboxylic acids is 1. The van der Waals surface area contributed by atoms with Crippen molar-refractivity contribution in [2.45, 2.75) is 13.5 Å². The molecule has 0 aliphatic rings. The van der Waals surface area contributed by atoms with Crippen molar-refractivity contribution in [2.75, 3.05) is 7.05 Å². The molecule has 0 atom stereocenters. The zero-order valence-corrected chi connectivity index (χ0v) is 13.7. The molecule has 0 spiro atoms. The first-order valence-electron chi connectivity index (χ1n) is 6.24. The van der Waals surface area contributed by atoms with Gasteiger partial charge in [-0.05, 0) is 42.3 Å². The first kappa shape index (κ1) is 15.1. The second-order valence-electron chi connectivity index (χ2n) is 4.70. The Bertz CT molecular complexity index is 625. The molecular weight excluding hydrogens is 338 g/mol. The summed E-state index contributed by atoms with van der Waals surface area (Å²) in [5, 5.41) is 0.700. The van der Waals surface area contributed by atoms with Gasteiger partial charge in [0.25, 0.3) is 5.91 Å². The Morgan fingerprint density at radius 1 is 1.20 bits per heavy atom. The number of hydrogen-bond donors (Lipinski definition) is 0. The standard InChI is InChI=1S/C16H15BrClNO/c1-11-14(4-3-5-15(11)17)16(20)19(2)10-12-6-8-13(18)9-7-12/h3-9H,10H2,1-2H3. The first-order valence-corrected chi connectivity index (χ1v) is 7.41.